The van der Waals surface area contributed by atoms with Gasteiger partial charge in [0.15, 0.2) is 0 Å². The van der Waals surface area contributed by atoms with Crippen molar-refractivity contribution in [1.82, 2.24) is 10.9 Å². The molecule has 7 nitrogen and oxygen atoms in total. The van der Waals surface area contributed by atoms with Crippen LogP contribution in [0.15, 0.2) is 46.9 Å². The van der Waals surface area contributed by atoms with Crippen LogP contribution in [-0.4, -0.2) is 39.2 Å². The van der Waals surface area contributed by atoms with Crippen molar-refractivity contribution in [3.63, 3.8) is 0 Å². The molecule has 0 saturated carbocycles. The molecule has 144 valence electrons. The van der Waals surface area contributed by atoms with Crippen LogP contribution in [0, 0.1) is 0 Å². The second-order valence-electron chi connectivity index (χ2n) is 5.51. The van der Waals surface area contributed by atoms with Crippen LogP contribution in [0.25, 0.3) is 0 Å². The van der Waals surface area contributed by atoms with Gasteiger partial charge in [0.05, 0.1) is 25.7 Å². The highest BCUT2D eigenvalue weighted by atomic mass is 79.9. The van der Waals surface area contributed by atoms with E-state index in [1.807, 2.05) is 0 Å². The zero-order valence-electron chi connectivity index (χ0n) is 15.1. The van der Waals surface area contributed by atoms with Gasteiger partial charge in [0.1, 0.15) is 18.1 Å². The van der Waals surface area contributed by atoms with Crippen molar-refractivity contribution in [3.8, 4) is 11.5 Å². The summed E-state index contributed by atoms with van der Waals surface area (Å²) in [4.78, 5) is 24.5. The molecule has 2 aromatic rings. The fourth-order valence-corrected chi connectivity index (χ4v) is 2.57. The number of rotatable bonds is 8. The standard InChI is InChI=1S/C19H21BrN2O5/c1-25-9-10-27-17-8-5-14(20)12-16(17)19(24)22-21-18(23)11-13-3-6-15(26-2)7-4-13/h3-8,12H,9-11H2,1-2H3,(H,21,23)(H,22,24). The molecule has 0 fully saturated rings. The summed E-state index contributed by atoms with van der Waals surface area (Å²) in [5, 5.41) is 0. The summed E-state index contributed by atoms with van der Waals surface area (Å²) in [6.07, 6.45) is 0.125. The minimum absolute atomic E-state index is 0.125. The quantitative estimate of drug-likeness (QED) is 0.490. The summed E-state index contributed by atoms with van der Waals surface area (Å²) in [6.45, 7) is 0.706. The van der Waals surface area contributed by atoms with Crippen LogP contribution >= 0.6 is 15.9 Å². The highest BCUT2D eigenvalue weighted by molar-refractivity contribution is 9.10. The molecule has 2 amide bonds. The van der Waals surface area contributed by atoms with Crippen LogP contribution in [0.1, 0.15) is 15.9 Å². The number of amides is 2. The monoisotopic (exact) mass is 436 g/mol. The Hall–Kier alpha value is -2.58. The molecule has 0 saturated heterocycles. The maximum atomic E-state index is 12.4. The van der Waals surface area contributed by atoms with Crippen LogP contribution in [0.4, 0.5) is 0 Å². The Morgan fingerprint density at radius 1 is 1.00 bits per heavy atom. The van der Waals surface area contributed by atoms with Crippen LogP contribution in [-0.2, 0) is 16.0 Å². The SMILES string of the molecule is COCCOc1ccc(Br)cc1C(=O)NNC(=O)Cc1ccc(OC)cc1. The van der Waals surface area contributed by atoms with E-state index in [1.165, 1.54) is 0 Å². The second kappa shape index (κ2) is 10.5. The van der Waals surface area contributed by atoms with Gasteiger partial charge in [-0.2, -0.15) is 0 Å². The molecule has 0 atom stereocenters. The van der Waals surface area contributed by atoms with Crippen molar-refractivity contribution in [2.75, 3.05) is 27.4 Å². The van der Waals surface area contributed by atoms with Gasteiger partial charge in [0.25, 0.3) is 5.91 Å². The molecule has 0 heterocycles. The van der Waals surface area contributed by atoms with Crippen molar-refractivity contribution >= 4 is 27.7 Å². The average molecular weight is 437 g/mol. The summed E-state index contributed by atoms with van der Waals surface area (Å²) < 4.78 is 16.3. The third kappa shape index (κ3) is 6.58. The zero-order chi connectivity index (χ0) is 19.6. The first-order valence-electron chi connectivity index (χ1n) is 8.17. The number of carbonyl (C=O) groups excluding carboxylic acids is 2. The van der Waals surface area contributed by atoms with Crippen molar-refractivity contribution in [3.05, 3.63) is 58.1 Å². The van der Waals surface area contributed by atoms with Gasteiger partial charge >= 0.3 is 0 Å². The van der Waals surface area contributed by atoms with Gasteiger partial charge in [0.2, 0.25) is 5.91 Å². The number of halogens is 1. The fraction of sp³-hybridized carbons (Fsp3) is 0.263. The summed E-state index contributed by atoms with van der Waals surface area (Å²) in [5.74, 6) is 0.289. The molecular weight excluding hydrogens is 416 g/mol. The largest absolute Gasteiger partial charge is 0.497 e. The smallest absolute Gasteiger partial charge is 0.273 e. The van der Waals surface area contributed by atoms with E-state index in [0.717, 1.165) is 10.0 Å². The molecule has 27 heavy (non-hydrogen) atoms. The third-order valence-electron chi connectivity index (χ3n) is 3.57. The van der Waals surface area contributed by atoms with Crippen LogP contribution in [0.3, 0.4) is 0 Å². The number of carbonyl (C=O) groups is 2. The Morgan fingerprint density at radius 2 is 1.74 bits per heavy atom. The maximum absolute atomic E-state index is 12.4. The van der Waals surface area contributed by atoms with Gasteiger partial charge in [-0.25, -0.2) is 0 Å². The molecule has 0 unspecified atom stereocenters. The second-order valence-corrected chi connectivity index (χ2v) is 6.42. The predicted octanol–water partition coefficient (Wildman–Crippen LogP) is 2.49. The predicted molar refractivity (Wildman–Crippen MR) is 104 cm³/mol. The van der Waals surface area contributed by atoms with E-state index in [1.54, 1.807) is 56.7 Å². The lowest BCUT2D eigenvalue weighted by Crippen LogP contribution is -2.42. The van der Waals surface area contributed by atoms with Gasteiger partial charge in [-0.15, -0.1) is 0 Å². The molecule has 2 aromatic carbocycles. The van der Waals surface area contributed by atoms with E-state index in [-0.39, 0.29) is 12.3 Å². The molecule has 0 aliphatic carbocycles. The molecular formula is C19H21BrN2O5. The van der Waals surface area contributed by atoms with Gasteiger partial charge in [0, 0.05) is 11.6 Å². The molecule has 2 rings (SSSR count). The molecule has 2 N–H and O–H groups in total. The average Bonchev–Trinajstić information content (AvgIpc) is 2.68. The lowest BCUT2D eigenvalue weighted by molar-refractivity contribution is -0.121. The minimum atomic E-state index is -0.480. The molecule has 0 spiro atoms. The van der Waals surface area contributed by atoms with E-state index in [0.29, 0.717) is 30.3 Å². The number of hydrogen-bond acceptors (Lipinski definition) is 5. The lowest BCUT2D eigenvalue weighted by atomic mass is 10.1. The van der Waals surface area contributed by atoms with E-state index in [2.05, 4.69) is 26.8 Å². The van der Waals surface area contributed by atoms with E-state index >= 15 is 0 Å². The number of hydrazine groups is 1. The molecule has 0 radical (unpaired) electrons. The van der Waals surface area contributed by atoms with Gasteiger partial charge in [-0.1, -0.05) is 28.1 Å². The normalized spacial score (nSPS) is 10.2. The van der Waals surface area contributed by atoms with Gasteiger partial charge in [-0.05, 0) is 35.9 Å². The summed E-state index contributed by atoms with van der Waals surface area (Å²) >= 11 is 3.32. The summed E-state index contributed by atoms with van der Waals surface area (Å²) in [5.41, 5.74) is 5.91. The van der Waals surface area contributed by atoms with Crippen molar-refractivity contribution in [2.24, 2.45) is 0 Å². The number of benzene rings is 2. The highest BCUT2D eigenvalue weighted by Crippen LogP contribution is 2.23. The minimum Gasteiger partial charge on any atom is -0.497 e. The molecule has 0 aliphatic rings. The van der Waals surface area contributed by atoms with Crippen molar-refractivity contribution < 1.29 is 23.8 Å². The summed E-state index contributed by atoms with van der Waals surface area (Å²) in [6, 6.07) is 12.2. The van der Waals surface area contributed by atoms with E-state index < -0.39 is 5.91 Å². The fourth-order valence-electron chi connectivity index (χ4n) is 2.21. The zero-order valence-corrected chi connectivity index (χ0v) is 16.7. The third-order valence-corrected chi connectivity index (χ3v) is 4.06. The lowest BCUT2D eigenvalue weighted by Gasteiger charge is -2.13. The molecule has 8 heteroatoms. The van der Waals surface area contributed by atoms with Gasteiger partial charge in [-0.3, -0.25) is 20.4 Å². The van der Waals surface area contributed by atoms with E-state index in [4.69, 9.17) is 14.2 Å². The highest BCUT2D eigenvalue weighted by Gasteiger charge is 2.14. The maximum Gasteiger partial charge on any atom is 0.273 e. The summed E-state index contributed by atoms with van der Waals surface area (Å²) in [7, 11) is 3.14. The first kappa shape index (κ1) is 20.7. The number of nitrogens with one attached hydrogen (secondary N) is 2. The molecule has 0 aromatic heterocycles. The number of hydrogen-bond donors (Lipinski definition) is 2. The first-order valence-corrected chi connectivity index (χ1v) is 8.96. The Morgan fingerprint density at radius 3 is 2.41 bits per heavy atom. The van der Waals surface area contributed by atoms with Crippen LogP contribution < -0.4 is 20.3 Å². The van der Waals surface area contributed by atoms with Crippen molar-refractivity contribution in [1.29, 1.82) is 0 Å². The van der Waals surface area contributed by atoms with Gasteiger partial charge < -0.3 is 14.2 Å². The first-order chi connectivity index (χ1) is 13.0. The van der Waals surface area contributed by atoms with Crippen LogP contribution in [0.5, 0.6) is 11.5 Å². The Bertz CT molecular complexity index is 780. The Balaban J connectivity index is 1.93. The topological polar surface area (TPSA) is 85.9 Å². The molecule has 0 aliphatic heterocycles. The van der Waals surface area contributed by atoms with Crippen LogP contribution in [0.2, 0.25) is 0 Å². The molecule has 0 bridgehead atoms. The Kier molecular flexibility index (Phi) is 8.09. The number of methoxy groups -OCH3 is 2. The number of ether oxygens (including phenoxy) is 3. The van der Waals surface area contributed by atoms with E-state index in [9.17, 15) is 9.59 Å². The van der Waals surface area contributed by atoms with Crippen molar-refractivity contribution in [2.45, 2.75) is 6.42 Å². The Labute approximate surface area is 166 Å².